The summed E-state index contributed by atoms with van der Waals surface area (Å²) in [4.78, 5) is 0. The lowest BCUT2D eigenvalue weighted by atomic mass is 10.2. The summed E-state index contributed by atoms with van der Waals surface area (Å²) >= 11 is 0. The highest BCUT2D eigenvalue weighted by Gasteiger charge is 2.10. The normalized spacial score (nSPS) is 13.0. The van der Waals surface area contributed by atoms with Gasteiger partial charge in [0, 0.05) is 5.56 Å². The van der Waals surface area contributed by atoms with Gasteiger partial charge in [-0.1, -0.05) is 0 Å². The van der Waals surface area contributed by atoms with Gasteiger partial charge in [0.1, 0.15) is 17.9 Å². The quantitative estimate of drug-likeness (QED) is 0.658. The molecule has 0 radical (unpaired) electrons. The molecule has 0 spiro atoms. The van der Waals surface area contributed by atoms with Gasteiger partial charge in [0.15, 0.2) is 0 Å². The summed E-state index contributed by atoms with van der Waals surface area (Å²) in [6.45, 7) is 0. The first-order chi connectivity index (χ1) is 5.65. The minimum Gasteiger partial charge on any atom is -0.374 e. The van der Waals surface area contributed by atoms with Crippen molar-refractivity contribution in [3.05, 3.63) is 35.4 Å². The van der Waals surface area contributed by atoms with Gasteiger partial charge in [0.2, 0.25) is 0 Å². The Morgan fingerprint density at radius 1 is 1.42 bits per heavy atom. The van der Waals surface area contributed by atoms with Gasteiger partial charge in [-0.2, -0.15) is 0 Å². The van der Waals surface area contributed by atoms with Gasteiger partial charge in [0.25, 0.3) is 0 Å². The molecule has 4 heteroatoms. The summed E-state index contributed by atoms with van der Waals surface area (Å²) in [7, 11) is 1.45. The molecule has 0 aliphatic rings. The third-order valence-electron chi connectivity index (χ3n) is 1.53. The molecule has 0 aromatic heterocycles. The average molecular weight is 173 g/mol. The molecule has 0 saturated heterocycles. The van der Waals surface area contributed by atoms with E-state index < -0.39 is 17.9 Å². The van der Waals surface area contributed by atoms with Gasteiger partial charge in [-0.3, -0.25) is 5.32 Å². The number of benzene rings is 1. The molecule has 0 aliphatic heterocycles. The summed E-state index contributed by atoms with van der Waals surface area (Å²) < 4.78 is 25.4. The molecule has 0 heterocycles. The molecule has 0 saturated carbocycles. The van der Waals surface area contributed by atoms with Gasteiger partial charge in [-0.05, 0) is 25.2 Å². The lowest BCUT2D eigenvalue weighted by Crippen LogP contribution is -2.16. The maximum Gasteiger partial charge on any atom is 0.133 e. The van der Waals surface area contributed by atoms with E-state index >= 15 is 0 Å². The molecule has 1 aromatic rings. The standard InChI is InChI=1S/C8H9F2NO/c1-11-8(12)6-4-5(9)2-3-7(6)10/h2-4,8,11-12H,1H3. The van der Waals surface area contributed by atoms with Crippen molar-refractivity contribution in [2.75, 3.05) is 7.05 Å². The largest absolute Gasteiger partial charge is 0.374 e. The first-order valence-electron chi connectivity index (χ1n) is 3.45. The zero-order chi connectivity index (χ0) is 9.14. The second-order valence-electron chi connectivity index (χ2n) is 2.36. The summed E-state index contributed by atoms with van der Waals surface area (Å²) in [5.74, 6) is -1.20. The molecule has 0 amide bonds. The molecule has 1 unspecified atom stereocenters. The molecule has 1 rings (SSSR count). The van der Waals surface area contributed by atoms with E-state index in [0.29, 0.717) is 0 Å². The minimum absolute atomic E-state index is 0.0856. The van der Waals surface area contributed by atoms with Crippen molar-refractivity contribution < 1.29 is 13.9 Å². The number of halogens is 2. The van der Waals surface area contributed by atoms with Crippen molar-refractivity contribution in [2.45, 2.75) is 6.23 Å². The van der Waals surface area contributed by atoms with Gasteiger partial charge < -0.3 is 5.11 Å². The highest BCUT2D eigenvalue weighted by Crippen LogP contribution is 2.15. The van der Waals surface area contributed by atoms with Crippen molar-refractivity contribution in [2.24, 2.45) is 0 Å². The van der Waals surface area contributed by atoms with Crippen LogP contribution in [0.1, 0.15) is 11.8 Å². The highest BCUT2D eigenvalue weighted by molar-refractivity contribution is 5.20. The monoisotopic (exact) mass is 173 g/mol. The number of aliphatic hydroxyl groups is 1. The Hall–Kier alpha value is -1.00. The first kappa shape index (κ1) is 9.09. The summed E-state index contributed by atoms with van der Waals surface area (Å²) in [6.07, 6.45) is -1.17. The molecule has 2 nitrogen and oxygen atoms in total. The van der Waals surface area contributed by atoms with Crippen LogP contribution in [0.25, 0.3) is 0 Å². The molecule has 2 N–H and O–H groups in total. The fraction of sp³-hybridized carbons (Fsp3) is 0.250. The van der Waals surface area contributed by atoms with Gasteiger partial charge in [0.05, 0.1) is 0 Å². The van der Waals surface area contributed by atoms with E-state index in [-0.39, 0.29) is 5.56 Å². The number of hydrogen-bond acceptors (Lipinski definition) is 2. The van der Waals surface area contributed by atoms with E-state index in [1.807, 2.05) is 0 Å². The molecule has 0 fully saturated rings. The summed E-state index contributed by atoms with van der Waals surface area (Å²) in [5, 5.41) is 11.5. The molecule has 0 bridgehead atoms. The predicted octanol–water partition coefficient (Wildman–Crippen LogP) is 1.18. The van der Waals surface area contributed by atoms with Crippen LogP contribution >= 0.6 is 0 Å². The molecule has 12 heavy (non-hydrogen) atoms. The van der Waals surface area contributed by atoms with Crippen LogP contribution in [0, 0.1) is 11.6 Å². The van der Waals surface area contributed by atoms with E-state index in [0.717, 1.165) is 18.2 Å². The maximum atomic E-state index is 12.8. The maximum absolute atomic E-state index is 12.8. The lowest BCUT2D eigenvalue weighted by Gasteiger charge is -2.09. The zero-order valence-electron chi connectivity index (χ0n) is 6.51. The Morgan fingerprint density at radius 3 is 2.67 bits per heavy atom. The van der Waals surface area contributed by atoms with E-state index in [9.17, 15) is 8.78 Å². The van der Waals surface area contributed by atoms with Gasteiger partial charge in [-0.15, -0.1) is 0 Å². The first-order valence-corrected chi connectivity index (χ1v) is 3.45. The highest BCUT2D eigenvalue weighted by atomic mass is 19.1. The number of hydrogen-bond donors (Lipinski definition) is 2. The Kier molecular flexibility index (Phi) is 2.73. The summed E-state index contributed by atoms with van der Waals surface area (Å²) in [5.41, 5.74) is -0.0856. The Balaban J connectivity index is 3.04. The van der Waals surface area contributed by atoms with Crippen molar-refractivity contribution in [3.63, 3.8) is 0 Å². The van der Waals surface area contributed by atoms with Crippen molar-refractivity contribution in [1.29, 1.82) is 0 Å². The van der Waals surface area contributed by atoms with Crippen LogP contribution in [0.4, 0.5) is 8.78 Å². The van der Waals surface area contributed by atoms with Crippen LogP contribution in [0.5, 0.6) is 0 Å². The second-order valence-corrected chi connectivity index (χ2v) is 2.36. The van der Waals surface area contributed by atoms with Crippen molar-refractivity contribution in [1.82, 2.24) is 5.32 Å². The smallest absolute Gasteiger partial charge is 0.133 e. The average Bonchev–Trinajstić information content (AvgIpc) is 2.08. The molecule has 0 aliphatic carbocycles. The van der Waals surface area contributed by atoms with Crippen molar-refractivity contribution in [3.8, 4) is 0 Å². The topological polar surface area (TPSA) is 32.3 Å². The minimum atomic E-state index is -1.17. The number of aliphatic hydroxyl groups excluding tert-OH is 1. The fourth-order valence-corrected chi connectivity index (χ4v) is 0.880. The third-order valence-corrected chi connectivity index (χ3v) is 1.53. The van der Waals surface area contributed by atoms with E-state index in [1.54, 1.807) is 0 Å². The van der Waals surface area contributed by atoms with Gasteiger partial charge >= 0.3 is 0 Å². The van der Waals surface area contributed by atoms with E-state index in [1.165, 1.54) is 7.05 Å². The van der Waals surface area contributed by atoms with Crippen molar-refractivity contribution >= 4 is 0 Å². The van der Waals surface area contributed by atoms with Crippen LogP contribution in [0.3, 0.4) is 0 Å². The molecule has 1 aromatic carbocycles. The number of nitrogens with one attached hydrogen (secondary N) is 1. The third kappa shape index (κ3) is 1.78. The van der Waals surface area contributed by atoms with Crippen LogP contribution in [-0.4, -0.2) is 12.2 Å². The van der Waals surface area contributed by atoms with Crippen LogP contribution < -0.4 is 5.32 Å². The second kappa shape index (κ2) is 3.60. The van der Waals surface area contributed by atoms with Gasteiger partial charge in [-0.25, -0.2) is 8.78 Å². The Labute approximate surface area is 68.8 Å². The van der Waals surface area contributed by atoms with E-state index in [4.69, 9.17) is 5.11 Å². The SMILES string of the molecule is CNC(O)c1cc(F)ccc1F. The summed E-state index contributed by atoms with van der Waals surface area (Å²) in [6, 6.07) is 2.93. The Morgan fingerprint density at radius 2 is 2.08 bits per heavy atom. The van der Waals surface area contributed by atoms with Crippen LogP contribution in [0.2, 0.25) is 0 Å². The lowest BCUT2D eigenvalue weighted by molar-refractivity contribution is 0.144. The Bertz CT molecular complexity index is 278. The molecule has 66 valence electrons. The molecular formula is C8H9F2NO. The van der Waals surface area contributed by atoms with Crippen LogP contribution in [0.15, 0.2) is 18.2 Å². The zero-order valence-corrected chi connectivity index (χ0v) is 6.51. The van der Waals surface area contributed by atoms with E-state index in [2.05, 4.69) is 5.32 Å². The number of rotatable bonds is 2. The molecular weight excluding hydrogens is 164 g/mol. The predicted molar refractivity (Wildman–Crippen MR) is 40.4 cm³/mol. The van der Waals surface area contributed by atoms with Crippen LogP contribution in [-0.2, 0) is 0 Å². The fourth-order valence-electron chi connectivity index (χ4n) is 0.880. The molecule has 1 atom stereocenters.